The summed E-state index contributed by atoms with van der Waals surface area (Å²) >= 11 is 0. The van der Waals surface area contributed by atoms with Gasteiger partial charge in [-0.05, 0) is 50.9 Å². The van der Waals surface area contributed by atoms with Gasteiger partial charge in [0.15, 0.2) is 11.5 Å². The molecule has 0 aromatic rings. The van der Waals surface area contributed by atoms with Gasteiger partial charge < -0.3 is 5.11 Å². The molecule has 0 amide bonds. The first-order valence-electron chi connectivity index (χ1n) is 9.52. The van der Waals surface area contributed by atoms with Gasteiger partial charge in [-0.15, -0.1) is 0 Å². The predicted molar refractivity (Wildman–Crippen MR) is 88.1 cm³/mol. The van der Waals surface area contributed by atoms with Crippen molar-refractivity contribution in [2.75, 3.05) is 0 Å². The summed E-state index contributed by atoms with van der Waals surface area (Å²) in [6, 6.07) is 0. The lowest BCUT2D eigenvalue weighted by molar-refractivity contribution is -0.205. The van der Waals surface area contributed by atoms with Crippen LogP contribution in [0.2, 0.25) is 0 Å². The highest BCUT2D eigenvalue weighted by Gasteiger charge is 2.73. The van der Waals surface area contributed by atoms with Crippen molar-refractivity contribution in [2.45, 2.75) is 83.4 Å². The van der Waals surface area contributed by atoms with Gasteiger partial charge in [-0.1, -0.05) is 13.8 Å². The molecule has 24 heavy (non-hydrogen) atoms. The molecule has 0 heterocycles. The van der Waals surface area contributed by atoms with E-state index in [-0.39, 0.29) is 35.7 Å². The molecule has 0 saturated heterocycles. The smallest absolute Gasteiger partial charge is 0.177 e. The van der Waals surface area contributed by atoms with E-state index in [2.05, 4.69) is 0 Å². The molecular formula is C20H29FO3. The summed E-state index contributed by atoms with van der Waals surface area (Å²) in [4.78, 5) is 25.0. The molecule has 4 aliphatic carbocycles. The largest absolute Gasteiger partial charge is 0.390 e. The maximum Gasteiger partial charge on any atom is 0.177 e. The standard InChI is InChI=1S/C20H29FO3/c1-17-8-6-13(22)10-12(17)4-5-15-14-7-9-19(3,24)18(14,2)11-16(23)20(15,17)21/h12,14-15,24H,4-11H2,1-3H3/t12-,14-,15-,17-,18+,19-,20-/m1/s1. The van der Waals surface area contributed by atoms with Gasteiger partial charge in [0.25, 0.3) is 0 Å². The summed E-state index contributed by atoms with van der Waals surface area (Å²) in [5.41, 5.74) is -3.94. The Balaban J connectivity index is 1.79. The predicted octanol–water partition coefficient (Wildman–Crippen LogP) is 3.62. The Morgan fingerprint density at radius 2 is 1.71 bits per heavy atom. The maximum absolute atomic E-state index is 16.6. The fourth-order valence-corrected chi connectivity index (χ4v) is 6.98. The fraction of sp³-hybridized carbons (Fsp3) is 0.900. The summed E-state index contributed by atoms with van der Waals surface area (Å²) in [6.45, 7) is 5.73. The van der Waals surface area contributed by atoms with Crippen molar-refractivity contribution in [1.82, 2.24) is 0 Å². The SMILES string of the molecule is C[C@]12CC(=O)[C@]3(F)[C@H](CC[C@@H]4CC(=O)CC[C@]43C)[C@H]1CC[C@@]2(C)O. The van der Waals surface area contributed by atoms with Crippen LogP contribution in [0.15, 0.2) is 0 Å². The van der Waals surface area contributed by atoms with Crippen LogP contribution in [0.25, 0.3) is 0 Å². The average molecular weight is 336 g/mol. The van der Waals surface area contributed by atoms with E-state index in [0.29, 0.717) is 32.1 Å². The average Bonchev–Trinajstić information content (AvgIpc) is 2.72. The molecule has 0 unspecified atom stereocenters. The minimum atomic E-state index is -1.82. The van der Waals surface area contributed by atoms with Crippen molar-refractivity contribution in [1.29, 1.82) is 0 Å². The second kappa shape index (κ2) is 4.69. The first kappa shape index (κ1) is 16.7. The van der Waals surface area contributed by atoms with Gasteiger partial charge in [0.1, 0.15) is 5.78 Å². The number of carbonyl (C=O) groups is 2. The molecule has 0 spiro atoms. The van der Waals surface area contributed by atoms with Crippen molar-refractivity contribution in [3.63, 3.8) is 0 Å². The highest BCUT2D eigenvalue weighted by molar-refractivity contribution is 5.91. The summed E-state index contributed by atoms with van der Waals surface area (Å²) < 4.78 is 16.6. The molecule has 4 aliphatic rings. The molecule has 134 valence electrons. The molecule has 7 atom stereocenters. The van der Waals surface area contributed by atoms with Gasteiger partial charge in [0.2, 0.25) is 0 Å². The first-order chi connectivity index (χ1) is 11.1. The van der Waals surface area contributed by atoms with Crippen LogP contribution in [0.4, 0.5) is 4.39 Å². The molecule has 0 radical (unpaired) electrons. The van der Waals surface area contributed by atoms with Crippen LogP contribution >= 0.6 is 0 Å². The van der Waals surface area contributed by atoms with Gasteiger partial charge in [0.05, 0.1) is 5.60 Å². The highest BCUT2D eigenvalue weighted by Crippen LogP contribution is 2.69. The molecule has 3 nitrogen and oxygen atoms in total. The van der Waals surface area contributed by atoms with Crippen LogP contribution in [0.5, 0.6) is 0 Å². The minimum absolute atomic E-state index is 0.00443. The second-order valence-electron chi connectivity index (χ2n) is 9.69. The van der Waals surface area contributed by atoms with Gasteiger partial charge in [-0.3, -0.25) is 9.59 Å². The Bertz CT molecular complexity index is 614. The molecule has 0 aromatic heterocycles. The number of carbonyl (C=O) groups excluding carboxylic acids is 2. The van der Waals surface area contributed by atoms with Crippen molar-refractivity contribution in [3.05, 3.63) is 0 Å². The lowest BCUT2D eigenvalue weighted by Crippen LogP contribution is -2.68. The van der Waals surface area contributed by atoms with E-state index in [1.165, 1.54) is 0 Å². The van der Waals surface area contributed by atoms with E-state index in [1.807, 2.05) is 20.8 Å². The number of hydrogen-bond acceptors (Lipinski definition) is 3. The number of Topliss-reactive ketones (excluding diaryl/α,β-unsaturated/α-hetero) is 2. The number of hydrogen-bond donors (Lipinski definition) is 1. The molecule has 4 saturated carbocycles. The number of halogens is 1. The zero-order valence-corrected chi connectivity index (χ0v) is 15.0. The van der Waals surface area contributed by atoms with Crippen molar-refractivity contribution >= 4 is 11.6 Å². The fourth-order valence-electron chi connectivity index (χ4n) is 6.98. The van der Waals surface area contributed by atoms with Gasteiger partial charge in [-0.2, -0.15) is 0 Å². The van der Waals surface area contributed by atoms with Crippen molar-refractivity contribution in [3.8, 4) is 0 Å². The summed E-state index contributed by atoms with van der Waals surface area (Å²) in [6.07, 6.45) is 4.41. The topological polar surface area (TPSA) is 54.4 Å². The van der Waals surface area contributed by atoms with Gasteiger partial charge in [-0.25, -0.2) is 4.39 Å². The molecule has 0 bridgehead atoms. The highest BCUT2D eigenvalue weighted by atomic mass is 19.1. The quantitative estimate of drug-likeness (QED) is 0.735. The van der Waals surface area contributed by atoms with Gasteiger partial charge in [0, 0.05) is 36.0 Å². The zero-order chi connectivity index (χ0) is 17.5. The Morgan fingerprint density at radius 1 is 1.00 bits per heavy atom. The zero-order valence-electron chi connectivity index (χ0n) is 15.0. The summed E-state index contributed by atoms with van der Waals surface area (Å²) in [5, 5.41) is 10.9. The number of fused-ring (bicyclic) bond motifs is 5. The Kier molecular flexibility index (Phi) is 3.26. The third-order valence-electron chi connectivity index (χ3n) is 8.88. The first-order valence-corrected chi connectivity index (χ1v) is 9.52. The third-order valence-corrected chi connectivity index (χ3v) is 8.88. The number of alkyl halides is 1. The van der Waals surface area contributed by atoms with Crippen LogP contribution in [-0.4, -0.2) is 27.9 Å². The third kappa shape index (κ3) is 1.71. The van der Waals surface area contributed by atoms with E-state index >= 15 is 4.39 Å². The molecule has 0 aromatic carbocycles. The number of aliphatic hydroxyl groups is 1. The van der Waals surface area contributed by atoms with Crippen LogP contribution in [0.1, 0.15) is 72.1 Å². The summed E-state index contributed by atoms with van der Waals surface area (Å²) in [7, 11) is 0. The minimum Gasteiger partial charge on any atom is -0.390 e. The molecule has 4 rings (SSSR count). The number of rotatable bonds is 0. The molecule has 4 fully saturated rings. The Morgan fingerprint density at radius 3 is 2.42 bits per heavy atom. The Labute approximate surface area is 143 Å². The second-order valence-corrected chi connectivity index (χ2v) is 9.69. The van der Waals surface area contributed by atoms with E-state index in [4.69, 9.17) is 0 Å². The van der Waals surface area contributed by atoms with Gasteiger partial charge >= 0.3 is 0 Å². The maximum atomic E-state index is 16.6. The van der Waals surface area contributed by atoms with Crippen molar-refractivity contribution < 1.29 is 19.1 Å². The number of ketones is 2. The molecule has 0 aliphatic heterocycles. The van der Waals surface area contributed by atoms with Crippen molar-refractivity contribution in [2.24, 2.45) is 28.6 Å². The monoisotopic (exact) mass is 336 g/mol. The van der Waals surface area contributed by atoms with E-state index < -0.39 is 22.1 Å². The lowest BCUT2D eigenvalue weighted by Gasteiger charge is -2.62. The Hall–Kier alpha value is -0.770. The normalized spacial score (nSPS) is 57.3. The molecular weight excluding hydrogens is 307 g/mol. The van der Waals surface area contributed by atoms with E-state index in [9.17, 15) is 14.7 Å². The molecule has 4 heteroatoms. The van der Waals surface area contributed by atoms with Crippen LogP contribution in [0, 0.1) is 28.6 Å². The van der Waals surface area contributed by atoms with E-state index in [0.717, 1.165) is 12.8 Å². The lowest BCUT2D eigenvalue weighted by atomic mass is 9.42. The van der Waals surface area contributed by atoms with Crippen LogP contribution in [0.3, 0.4) is 0 Å². The summed E-state index contributed by atoms with van der Waals surface area (Å²) in [5.74, 6) is -0.334. The van der Waals surface area contributed by atoms with Crippen LogP contribution < -0.4 is 0 Å². The van der Waals surface area contributed by atoms with Crippen LogP contribution in [-0.2, 0) is 9.59 Å². The van der Waals surface area contributed by atoms with E-state index in [1.54, 1.807) is 0 Å². The molecule has 1 N–H and O–H groups in total.